The van der Waals surface area contributed by atoms with Crippen LogP contribution < -0.4 is 5.32 Å². The Bertz CT molecular complexity index is 510. The third-order valence-corrected chi connectivity index (χ3v) is 4.01. The van der Waals surface area contributed by atoms with Crippen LogP contribution in [0.4, 0.5) is 0 Å². The molecule has 0 radical (unpaired) electrons. The number of carboxylic acid groups (broad SMARTS) is 1. The number of nitrogens with one attached hydrogen (secondary N) is 1. The minimum atomic E-state index is -1.07. The van der Waals surface area contributed by atoms with Gasteiger partial charge in [0.1, 0.15) is 5.54 Å². The monoisotopic (exact) mass is 458 g/mol. The summed E-state index contributed by atoms with van der Waals surface area (Å²) in [5.41, 5.74) is 0.745. The van der Waals surface area contributed by atoms with E-state index in [1.807, 2.05) is 19.1 Å². The molecule has 2 N–H and O–H groups in total. The van der Waals surface area contributed by atoms with E-state index in [1.54, 1.807) is 6.07 Å². The summed E-state index contributed by atoms with van der Waals surface area (Å²) in [6.07, 6.45) is 3.96. The van der Waals surface area contributed by atoms with E-state index < -0.39 is 11.5 Å². The van der Waals surface area contributed by atoms with Gasteiger partial charge in [0.15, 0.2) is 0 Å². The number of aliphatic carboxylic acids is 1. The molecule has 1 saturated carbocycles. The van der Waals surface area contributed by atoms with E-state index in [-0.39, 0.29) is 33.4 Å². The first kappa shape index (κ1) is 17.9. The molecule has 0 atom stereocenters. The van der Waals surface area contributed by atoms with E-state index in [1.165, 1.54) is 0 Å². The van der Waals surface area contributed by atoms with E-state index in [0.29, 0.717) is 12.8 Å². The number of amides is 1. The van der Waals surface area contributed by atoms with Gasteiger partial charge in [0.25, 0.3) is 0 Å². The molecule has 2 rings (SSSR count). The van der Waals surface area contributed by atoms with Crippen molar-refractivity contribution in [3.63, 3.8) is 0 Å². The summed E-state index contributed by atoms with van der Waals surface area (Å²) in [5.74, 6) is -1.15. The second-order valence-electron chi connectivity index (χ2n) is 5.50. The van der Waals surface area contributed by atoms with Crippen molar-refractivity contribution < 1.29 is 35.8 Å². The number of hydrogen-bond donors (Lipinski definition) is 2. The zero-order valence-corrected chi connectivity index (χ0v) is 15.1. The number of carbonyl (C=O) groups is 2. The fraction of sp³-hybridized carbons (Fsp3) is 0.500. The van der Waals surface area contributed by atoms with Crippen molar-refractivity contribution in [2.75, 3.05) is 0 Å². The Balaban J connectivity index is 0.00000220. The van der Waals surface area contributed by atoms with Crippen molar-refractivity contribution >= 4 is 11.9 Å². The van der Waals surface area contributed by atoms with Crippen LogP contribution in [0.2, 0.25) is 0 Å². The number of aryl methyl sites for hydroxylation is 1. The summed E-state index contributed by atoms with van der Waals surface area (Å²) in [5, 5.41) is 12.2. The summed E-state index contributed by atoms with van der Waals surface area (Å²) in [6.45, 7) is 1.92. The quantitative estimate of drug-likeness (QED) is 0.681. The molecular weight excluding hydrogens is 438 g/mol. The second-order valence-corrected chi connectivity index (χ2v) is 5.50. The van der Waals surface area contributed by atoms with E-state index in [4.69, 9.17) is 0 Å². The van der Waals surface area contributed by atoms with Crippen LogP contribution in [-0.2, 0) is 37.1 Å². The molecule has 0 unspecified atom stereocenters. The SMILES string of the molecule is Cc1ccc[c-]c1CC(=O)NC1(C(=O)O)CCCCC1.[W]. The van der Waals surface area contributed by atoms with Gasteiger partial charge in [-0.3, -0.25) is 4.79 Å². The molecule has 1 fully saturated rings. The normalized spacial score (nSPS) is 16.6. The largest absolute Gasteiger partial charge is 0.480 e. The van der Waals surface area contributed by atoms with Gasteiger partial charge in [0.2, 0.25) is 5.91 Å². The van der Waals surface area contributed by atoms with Crippen LogP contribution in [0.15, 0.2) is 18.2 Å². The maximum atomic E-state index is 12.1. The Morgan fingerprint density at radius 3 is 2.57 bits per heavy atom. The first-order valence-electron chi connectivity index (χ1n) is 7.04. The molecule has 0 aromatic heterocycles. The Kier molecular flexibility index (Phi) is 6.60. The fourth-order valence-corrected chi connectivity index (χ4v) is 2.77. The van der Waals surface area contributed by atoms with Crippen molar-refractivity contribution in [2.45, 2.75) is 51.0 Å². The number of carbonyl (C=O) groups excluding carboxylic acids is 1. The molecule has 0 saturated heterocycles. The predicted octanol–water partition coefficient (Wildman–Crippen LogP) is 2.24. The molecule has 0 heterocycles. The topological polar surface area (TPSA) is 66.4 Å². The zero-order chi connectivity index (χ0) is 14.6. The summed E-state index contributed by atoms with van der Waals surface area (Å²) in [7, 11) is 0. The van der Waals surface area contributed by atoms with Crippen molar-refractivity contribution in [3.05, 3.63) is 35.4 Å². The third kappa shape index (κ3) is 4.41. The molecule has 21 heavy (non-hydrogen) atoms. The van der Waals surface area contributed by atoms with Gasteiger partial charge in [0.05, 0.1) is 0 Å². The smallest absolute Gasteiger partial charge is 0.329 e. The van der Waals surface area contributed by atoms with Crippen LogP contribution in [0.5, 0.6) is 0 Å². The van der Waals surface area contributed by atoms with E-state index in [9.17, 15) is 14.7 Å². The third-order valence-electron chi connectivity index (χ3n) is 4.01. The van der Waals surface area contributed by atoms with Crippen molar-refractivity contribution in [1.29, 1.82) is 0 Å². The minimum absolute atomic E-state index is 0. The van der Waals surface area contributed by atoms with Gasteiger partial charge >= 0.3 is 5.97 Å². The van der Waals surface area contributed by atoms with Gasteiger partial charge in [-0.05, 0) is 12.8 Å². The van der Waals surface area contributed by atoms with E-state index in [0.717, 1.165) is 30.4 Å². The summed E-state index contributed by atoms with van der Waals surface area (Å²) in [6, 6.07) is 8.60. The van der Waals surface area contributed by atoms with Crippen LogP contribution >= 0.6 is 0 Å². The van der Waals surface area contributed by atoms with Crippen LogP contribution in [0.3, 0.4) is 0 Å². The molecule has 0 aliphatic heterocycles. The molecule has 0 spiro atoms. The average molecular weight is 458 g/mol. The average Bonchev–Trinajstić information content (AvgIpc) is 2.42. The summed E-state index contributed by atoms with van der Waals surface area (Å²) in [4.78, 5) is 23.7. The first-order valence-corrected chi connectivity index (χ1v) is 7.04. The number of benzene rings is 1. The second kappa shape index (κ2) is 7.74. The Hall–Kier alpha value is -1.15. The standard InChI is InChI=1S/C16H20NO3.W/c1-12-7-3-4-8-13(12)11-14(18)17-16(15(19)20)9-5-2-6-10-16;/h3-4,7H,2,5-6,9-11H2,1H3,(H,17,18)(H,19,20);/q-1;. The summed E-state index contributed by atoms with van der Waals surface area (Å²) >= 11 is 0. The van der Waals surface area contributed by atoms with Crippen LogP contribution in [0, 0.1) is 13.0 Å². The van der Waals surface area contributed by atoms with Gasteiger partial charge in [-0.2, -0.15) is 35.4 Å². The molecule has 1 aromatic rings. The van der Waals surface area contributed by atoms with Crippen LogP contribution in [0.25, 0.3) is 0 Å². The van der Waals surface area contributed by atoms with E-state index in [2.05, 4.69) is 11.4 Å². The molecule has 1 amide bonds. The van der Waals surface area contributed by atoms with Crippen molar-refractivity contribution in [1.82, 2.24) is 5.32 Å². The Morgan fingerprint density at radius 2 is 2.00 bits per heavy atom. The van der Waals surface area contributed by atoms with Gasteiger partial charge in [0, 0.05) is 27.5 Å². The first-order chi connectivity index (χ1) is 9.53. The van der Waals surface area contributed by atoms with Gasteiger partial charge in [-0.1, -0.05) is 26.2 Å². The van der Waals surface area contributed by atoms with Gasteiger partial charge < -0.3 is 10.4 Å². The van der Waals surface area contributed by atoms with Gasteiger partial charge in [-0.25, -0.2) is 4.79 Å². The molecule has 114 valence electrons. The van der Waals surface area contributed by atoms with Crippen molar-refractivity contribution in [2.24, 2.45) is 0 Å². The predicted molar refractivity (Wildman–Crippen MR) is 75.3 cm³/mol. The minimum Gasteiger partial charge on any atom is -0.480 e. The van der Waals surface area contributed by atoms with Crippen LogP contribution in [-0.4, -0.2) is 22.5 Å². The van der Waals surface area contributed by atoms with E-state index >= 15 is 0 Å². The molecule has 5 heteroatoms. The fourth-order valence-electron chi connectivity index (χ4n) is 2.77. The molecule has 1 aliphatic carbocycles. The Labute approximate surface area is 139 Å². The number of carboxylic acids is 1. The Morgan fingerprint density at radius 1 is 1.33 bits per heavy atom. The van der Waals surface area contributed by atoms with Crippen LogP contribution in [0.1, 0.15) is 43.2 Å². The van der Waals surface area contributed by atoms with Gasteiger partial charge in [-0.15, -0.1) is 0 Å². The summed E-state index contributed by atoms with van der Waals surface area (Å²) < 4.78 is 0. The maximum absolute atomic E-state index is 12.1. The number of hydrogen-bond acceptors (Lipinski definition) is 2. The molecule has 4 nitrogen and oxygen atoms in total. The number of rotatable bonds is 4. The molecule has 1 aliphatic rings. The van der Waals surface area contributed by atoms with Crippen molar-refractivity contribution in [3.8, 4) is 0 Å². The molecular formula is C16H20NO3W-. The zero-order valence-electron chi connectivity index (χ0n) is 12.1. The maximum Gasteiger partial charge on any atom is 0.329 e. The molecule has 1 aromatic carbocycles. The molecule has 0 bridgehead atoms.